The zero-order chi connectivity index (χ0) is 23.4. The molecule has 0 saturated carbocycles. The Hall–Kier alpha value is -3.71. The molecule has 0 aliphatic carbocycles. The Morgan fingerprint density at radius 1 is 0.939 bits per heavy atom. The fourth-order valence-electron chi connectivity index (χ4n) is 3.43. The first kappa shape index (κ1) is 22.5. The summed E-state index contributed by atoms with van der Waals surface area (Å²) in [5, 5.41) is 2.25. The normalized spacial score (nSPS) is 15.0. The molecule has 3 aromatic carbocycles. The molecule has 1 fully saturated rings. The van der Waals surface area contributed by atoms with Crippen LogP contribution in [-0.2, 0) is 22.6 Å². The second kappa shape index (κ2) is 9.83. The van der Waals surface area contributed by atoms with Gasteiger partial charge in [0.25, 0.3) is 11.8 Å². The first-order chi connectivity index (χ1) is 16.0. The van der Waals surface area contributed by atoms with E-state index in [1.165, 1.54) is 6.08 Å². The smallest absolute Gasteiger partial charge is 0.335 e. The molecule has 0 bridgehead atoms. The van der Waals surface area contributed by atoms with Crippen LogP contribution in [0.3, 0.4) is 0 Å². The minimum atomic E-state index is -0.773. The molecule has 1 saturated heterocycles. The predicted molar refractivity (Wildman–Crippen MR) is 130 cm³/mol. The lowest BCUT2D eigenvalue weighted by Gasteiger charge is -2.26. The van der Waals surface area contributed by atoms with Gasteiger partial charge in [0.15, 0.2) is 0 Å². The van der Waals surface area contributed by atoms with Crippen molar-refractivity contribution in [1.82, 2.24) is 5.32 Å². The third-order valence-corrected chi connectivity index (χ3v) is 6.04. The second-order valence-electron chi connectivity index (χ2n) is 7.40. The highest BCUT2D eigenvalue weighted by atomic mass is 79.9. The van der Waals surface area contributed by atoms with E-state index in [1.54, 1.807) is 30.3 Å². The van der Waals surface area contributed by atoms with Crippen LogP contribution in [0.25, 0.3) is 6.08 Å². The van der Waals surface area contributed by atoms with Crippen molar-refractivity contribution in [2.24, 2.45) is 0 Å². The first-order valence-electron chi connectivity index (χ1n) is 10.4. The summed E-state index contributed by atoms with van der Waals surface area (Å²) < 4.78 is 6.90. The van der Waals surface area contributed by atoms with Crippen LogP contribution in [0.15, 0.2) is 82.8 Å². The fraction of sp³-hybridized carbons (Fsp3) is 0.115. The monoisotopic (exact) mass is 504 g/mol. The number of carbonyl (C=O) groups is 3. The van der Waals surface area contributed by atoms with Crippen molar-refractivity contribution < 1.29 is 19.1 Å². The van der Waals surface area contributed by atoms with Gasteiger partial charge in [-0.3, -0.25) is 14.9 Å². The second-order valence-corrected chi connectivity index (χ2v) is 8.25. The van der Waals surface area contributed by atoms with Gasteiger partial charge in [0.2, 0.25) is 0 Å². The van der Waals surface area contributed by atoms with Crippen LogP contribution in [-0.4, -0.2) is 17.8 Å². The lowest BCUT2D eigenvalue weighted by molar-refractivity contribution is -0.122. The Morgan fingerprint density at radius 2 is 1.64 bits per heavy atom. The molecule has 0 spiro atoms. The quantitative estimate of drug-likeness (QED) is 0.367. The highest BCUT2D eigenvalue weighted by Crippen LogP contribution is 2.27. The molecule has 1 N–H and O–H groups in total. The van der Waals surface area contributed by atoms with Gasteiger partial charge in [-0.1, -0.05) is 71.4 Å². The SMILES string of the molecule is CCc1ccc(N2C(=O)NC(=O)/C(=C\c3ccccc3OCc3ccccc3Br)C2=O)cc1. The summed E-state index contributed by atoms with van der Waals surface area (Å²) in [6.07, 6.45) is 2.29. The van der Waals surface area contributed by atoms with Gasteiger partial charge in [-0.05, 0) is 42.3 Å². The number of nitrogens with zero attached hydrogens (tertiary/aromatic N) is 1. The molecule has 166 valence electrons. The Labute approximate surface area is 200 Å². The van der Waals surface area contributed by atoms with Crippen molar-refractivity contribution in [2.75, 3.05) is 4.90 Å². The summed E-state index contributed by atoms with van der Waals surface area (Å²) in [6.45, 7) is 2.32. The molecule has 0 aromatic heterocycles. The summed E-state index contributed by atoms with van der Waals surface area (Å²) in [4.78, 5) is 39.1. The van der Waals surface area contributed by atoms with E-state index in [2.05, 4.69) is 21.2 Å². The van der Waals surface area contributed by atoms with Gasteiger partial charge >= 0.3 is 6.03 Å². The Balaban J connectivity index is 1.63. The molecule has 0 unspecified atom stereocenters. The number of barbiturate groups is 1. The molecule has 4 amide bonds. The Bertz CT molecular complexity index is 1250. The van der Waals surface area contributed by atoms with Gasteiger partial charge < -0.3 is 4.74 Å². The standard InChI is InChI=1S/C26H21BrN2O4/c1-2-17-11-13-20(14-12-17)29-25(31)21(24(30)28-26(29)32)15-18-7-4-6-10-23(18)33-16-19-8-3-5-9-22(19)27/h3-15H,2,16H2,1H3,(H,28,30,32)/b21-15+. The molecule has 1 heterocycles. The predicted octanol–water partition coefficient (Wildman–Crippen LogP) is 5.26. The number of aryl methyl sites for hydroxylation is 1. The third-order valence-electron chi connectivity index (χ3n) is 5.26. The molecular weight excluding hydrogens is 484 g/mol. The average molecular weight is 505 g/mol. The summed E-state index contributed by atoms with van der Waals surface area (Å²) in [6, 6.07) is 21.1. The highest BCUT2D eigenvalue weighted by molar-refractivity contribution is 9.10. The first-order valence-corrected chi connectivity index (χ1v) is 11.2. The number of amides is 4. The average Bonchev–Trinajstić information content (AvgIpc) is 2.82. The number of imide groups is 2. The Kier molecular flexibility index (Phi) is 6.70. The van der Waals surface area contributed by atoms with E-state index in [4.69, 9.17) is 4.74 Å². The molecule has 7 heteroatoms. The molecule has 33 heavy (non-hydrogen) atoms. The van der Waals surface area contributed by atoms with Crippen molar-refractivity contribution in [3.8, 4) is 5.75 Å². The van der Waals surface area contributed by atoms with Crippen molar-refractivity contribution in [1.29, 1.82) is 0 Å². The summed E-state index contributed by atoms with van der Waals surface area (Å²) in [7, 11) is 0. The Morgan fingerprint density at radius 3 is 2.36 bits per heavy atom. The number of hydrogen-bond acceptors (Lipinski definition) is 4. The molecule has 1 aliphatic rings. The minimum Gasteiger partial charge on any atom is -0.488 e. The van der Waals surface area contributed by atoms with Crippen molar-refractivity contribution >= 4 is 45.5 Å². The van der Waals surface area contributed by atoms with Gasteiger partial charge in [-0.25, -0.2) is 9.69 Å². The van der Waals surface area contributed by atoms with Crippen LogP contribution in [0, 0.1) is 0 Å². The minimum absolute atomic E-state index is 0.147. The zero-order valence-corrected chi connectivity index (χ0v) is 19.5. The van der Waals surface area contributed by atoms with Crippen LogP contribution in [0.2, 0.25) is 0 Å². The van der Waals surface area contributed by atoms with E-state index in [9.17, 15) is 14.4 Å². The van der Waals surface area contributed by atoms with E-state index >= 15 is 0 Å². The van der Waals surface area contributed by atoms with E-state index in [1.807, 2.05) is 49.4 Å². The van der Waals surface area contributed by atoms with E-state index in [-0.39, 0.29) is 5.57 Å². The molecule has 1 aliphatic heterocycles. The number of benzene rings is 3. The topological polar surface area (TPSA) is 75.7 Å². The largest absolute Gasteiger partial charge is 0.488 e. The lowest BCUT2D eigenvalue weighted by Crippen LogP contribution is -2.54. The van der Waals surface area contributed by atoms with Crippen LogP contribution < -0.4 is 15.0 Å². The molecule has 4 rings (SSSR count). The summed E-state index contributed by atoms with van der Waals surface area (Å²) in [5.74, 6) is -0.919. The zero-order valence-electron chi connectivity index (χ0n) is 17.9. The maximum atomic E-state index is 13.2. The highest BCUT2D eigenvalue weighted by Gasteiger charge is 2.36. The van der Waals surface area contributed by atoms with Gasteiger partial charge in [0.1, 0.15) is 17.9 Å². The fourth-order valence-corrected chi connectivity index (χ4v) is 3.83. The van der Waals surface area contributed by atoms with Gasteiger partial charge in [0.05, 0.1) is 5.69 Å². The van der Waals surface area contributed by atoms with Crippen molar-refractivity contribution in [3.63, 3.8) is 0 Å². The number of hydrogen-bond donors (Lipinski definition) is 1. The lowest BCUT2D eigenvalue weighted by atomic mass is 10.1. The summed E-state index contributed by atoms with van der Waals surface area (Å²) >= 11 is 3.50. The maximum absolute atomic E-state index is 13.2. The number of carbonyl (C=O) groups excluding carboxylic acids is 3. The van der Waals surface area contributed by atoms with Crippen LogP contribution in [0.4, 0.5) is 10.5 Å². The van der Waals surface area contributed by atoms with E-state index in [0.717, 1.165) is 26.9 Å². The van der Waals surface area contributed by atoms with Crippen molar-refractivity contribution in [2.45, 2.75) is 20.0 Å². The number of nitrogens with one attached hydrogen (secondary N) is 1. The summed E-state index contributed by atoms with van der Waals surface area (Å²) in [5.41, 5.74) is 2.83. The van der Waals surface area contributed by atoms with Gasteiger partial charge in [0, 0.05) is 15.6 Å². The number of para-hydroxylation sites is 1. The van der Waals surface area contributed by atoms with E-state index in [0.29, 0.717) is 23.6 Å². The van der Waals surface area contributed by atoms with Crippen LogP contribution in [0.5, 0.6) is 5.75 Å². The van der Waals surface area contributed by atoms with Crippen molar-refractivity contribution in [3.05, 3.63) is 99.5 Å². The van der Waals surface area contributed by atoms with Gasteiger partial charge in [-0.15, -0.1) is 0 Å². The molecular formula is C26H21BrN2O4. The molecule has 0 atom stereocenters. The third kappa shape index (κ3) is 4.88. The van der Waals surface area contributed by atoms with Crippen LogP contribution >= 0.6 is 15.9 Å². The number of anilines is 1. The molecule has 0 radical (unpaired) electrons. The molecule has 6 nitrogen and oxygen atoms in total. The van der Waals surface area contributed by atoms with Gasteiger partial charge in [-0.2, -0.15) is 0 Å². The number of halogens is 1. The number of urea groups is 1. The maximum Gasteiger partial charge on any atom is 0.335 e. The van der Waals surface area contributed by atoms with E-state index < -0.39 is 17.8 Å². The number of ether oxygens (including phenoxy) is 1. The van der Waals surface area contributed by atoms with Crippen LogP contribution in [0.1, 0.15) is 23.6 Å². The number of rotatable bonds is 6. The molecule has 3 aromatic rings.